The Morgan fingerprint density at radius 3 is 2.55 bits per heavy atom. The number of nitrogens with zero attached hydrogens (tertiary/aromatic N) is 3. The summed E-state index contributed by atoms with van der Waals surface area (Å²) in [5, 5.41) is 0. The molecule has 0 N–H and O–H groups in total. The van der Waals surface area contributed by atoms with Crippen molar-refractivity contribution in [2.45, 2.75) is 45.6 Å². The SMILES string of the molecule is COC(OC)N1CCC(CCCn2ccnc2C)CC1. The summed E-state index contributed by atoms with van der Waals surface area (Å²) in [5.74, 6) is 1.95. The smallest absolute Gasteiger partial charge is 0.218 e. The Bertz CT molecular complexity index is 382. The monoisotopic (exact) mass is 281 g/mol. The molecular weight excluding hydrogens is 254 g/mol. The highest BCUT2D eigenvalue weighted by Gasteiger charge is 2.24. The molecule has 2 heterocycles. The Labute approximate surface area is 121 Å². The predicted octanol–water partition coefficient (Wildman–Crippen LogP) is 2.26. The van der Waals surface area contributed by atoms with Crippen LogP contribution in [0, 0.1) is 12.8 Å². The summed E-state index contributed by atoms with van der Waals surface area (Å²) in [6.45, 7) is 5.29. The van der Waals surface area contributed by atoms with E-state index in [1.807, 2.05) is 6.20 Å². The maximum Gasteiger partial charge on any atom is 0.218 e. The van der Waals surface area contributed by atoms with Crippen LogP contribution in [0.4, 0.5) is 0 Å². The normalized spacial score (nSPS) is 18.0. The van der Waals surface area contributed by atoms with Gasteiger partial charge in [0, 0.05) is 46.2 Å². The van der Waals surface area contributed by atoms with Gasteiger partial charge in [-0.1, -0.05) is 0 Å². The van der Waals surface area contributed by atoms with Crippen LogP contribution in [0.5, 0.6) is 0 Å². The number of aryl methyl sites for hydroxylation is 2. The van der Waals surface area contributed by atoms with Gasteiger partial charge in [-0.25, -0.2) is 4.98 Å². The first-order chi connectivity index (χ1) is 9.74. The van der Waals surface area contributed by atoms with Crippen molar-refractivity contribution in [1.29, 1.82) is 0 Å². The number of likely N-dealkylation sites (tertiary alicyclic amines) is 1. The molecule has 0 spiro atoms. The van der Waals surface area contributed by atoms with Gasteiger partial charge in [0.05, 0.1) is 0 Å². The van der Waals surface area contributed by atoms with Crippen molar-refractivity contribution in [2.75, 3.05) is 27.3 Å². The van der Waals surface area contributed by atoms with E-state index in [1.54, 1.807) is 14.2 Å². The zero-order chi connectivity index (χ0) is 14.4. The maximum atomic E-state index is 5.31. The molecule has 0 atom stereocenters. The van der Waals surface area contributed by atoms with Crippen LogP contribution in [-0.2, 0) is 16.0 Å². The number of hydrogen-bond acceptors (Lipinski definition) is 4. The van der Waals surface area contributed by atoms with Crippen LogP contribution in [0.3, 0.4) is 0 Å². The zero-order valence-electron chi connectivity index (χ0n) is 12.9. The van der Waals surface area contributed by atoms with E-state index in [4.69, 9.17) is 9.47 Å². The van der Waals surface area contributed by atoms with Crippen molar-refractivity contribution in [2.24, 2.45) is 5.92 Å². The third-order valence-corrected chi connectivity index (χ3v) is 4.29. The molecule has 0 aliphatic carbocycles. The quantitative estimate of drug-likeness (QED) is 0.719. The molecule has 1 fully saturated rings. The molecule has 0 radical (unpaired) electrons. The van der Waals surface area contributed by atoms with E-state index in [0.29, 0.717) is 0 Å². The molecule has 1 aliphatic heterocycles. The number of aromatic nitrogens is 2. The number of rotatable bonds is 7. The van der Waals surface area contributed by atoms with Gasteiger partial charge in [0.15, 0.2) is 0 Å². The Morgan fingerprint density at radius 1 is 1.30 bits per heavy atom. The molecule has 5 nitrogen and oxygen atoms in total. The standard InChI is InChI=1S/C15H27N3O2/c1-13-16-8-12-17(13)9-4-5-14-6-10-18(11-7-14)15(19-2)20-3/h8,12,14-15H,4-7,9-11H2,1-3H3. The first-order valence-electron chi connectivity index (χ1n) is 7.52. The highest BCUT2D eigenvalue weighted by atomic mass is 16.7. The van der Waals surface area contributed by atoms with E-state index in [2.05, 4.69) is 27.6 Å². The van der Waals surface area contributed by atoms with Crippen LogP contribution >= 0.6 is 0 Å². The van der Waals surface area contributed by atoms with Gasteiger partial charge in [0.2, 0.25) is 6.41 Å². The Hall–Kier alpha value is -0.910. The molecule has 20 heavy (non-hydrogen) atoms. The zero-order valence-corrected chi connectivity index (χ0v) is 12.9. The number of imidazole rings is 1. The lowest BCUT2D eigenvalue weighted by atomic mass is 9.92. The van der Waals surface area contributed by atoms with E-state index in [9.17, 15) is 0 Å². The number of methoxy groups -OCH3 is 2. The average molecular weight is 281 g/mol. The molecule has 0 unspecified atom stereocenters. The van der Waals surface area contributed by atoms with E-state index >= 15 is 0 Å². The topological polar surface area (TPSA) is 39.5 Å². The van der Waals surface area contributed by atoms with Gasteiger partial charge in [0.1, 0.15) is 5.82 Å². The summed E-state index contributed by atoms with van der Waals surface area (Å²) in [5.41, 5.74) is 0. The second-order valence-corrected chi connectivity index (χ2v) is 5.57. The Kier molecular flexibility index (Phi) is 6.01. The molecule has 0 amide bonds. The third-order valence-electron chi connectivity index (χ3n) is 4.29. The molecule has 1 aromatic rings. The van der Waals surface area contributed by atoms with Crippen molar-refractivity contribution < 1.29 is 9.47 Å². The van der Waals surface area contributed by atoms with Gasteiger partial charge in [-0.3, -0.25) is 4.90 Å². The molecule has 1 aliphatic rings. The van der Waals surface area contributed by atoms with Crippen molar-refractivity contribution in [1.82, 2.24) is 14.5 Å². The van der Waals surface area contributed by atoms with E-state index in [0.717, 1.165) is 31.4 Å². The maximum absolute atomic E-state index is 5.31. The highest BCUT2D eigenvalue weighted by molar-refractivity contribution is 4.88. The van der Waals surface area contributed by atoms with Gasteiger partial charge in [-0.05, 0) is 38.5 Å². The van der Waals surface area contributed by atoms with E-state index < -0.39 is 0 Å². The molecular formula is C15H27N3O2. The largest absolute Gasteiger partial charge is 0.343 e. The molecule has 0 saturated carbocycles. The number of piperidine rings is 1. The van der Waals surface area contributed by atoms with Crippen molar-refractivity contribution in [3.8, 4) is 0 Å². The molecule has 0 bridgehead atoms. The van der Waals surface area contributed by atoms with Gasteiger partial charge < -0.3 is 14.0 Å². The molecule has 1 saturated heterocycles. The van der Waals surface area contributed by atoms with Crippen LogP contribution in [0.25, 0.3) is 0 Å². The summed E-state index contributed by atoms with van der Waals surface area (Å²) >= 11 is 0. The Balaban J connectivity index is 1.66. The van der Waals surface area contributed by atoms with Crippen LogP contribution in [-0.4, -0.2) is 48.2 Å². The van der Waals surface area contributed by atoms with Crippen LogP contribution in [0.1, 0.15) is 31.5 Å². The summed E-state index contributed by atoms with van der Waals surface area (Å²) < 4.78 is 12.9. The lowest BCUT2D eigenvalue weighted by molar-refractivity contribution is -0.202. The van der Waals surface area contributed by atoms with Crippen molar-refractivity contribution in [3.63, 3.8) is 0 Å². The minimum atomic E-state index is -0.176. The van der Waals surface area contributed by atoms with Gasteiger partial charge in [0.25, 0.3) is 0 Å². The van der Waals surface area contributed by atoms with Crippen LogP contribution < -0.4 is 0 Å². The fourth-order valence-corrected chi connectivity index (χ4v) is 3.04. The fourth-order valence-electron chi connectivity index (χ4n) is 3.04. The third kappa shape index (κ3) is 4.04. The first-order valence-corrected chi connectivity index (χ1v) is 7.52. The van der Waals surface area contributed by atoms with Crippen molar-refractivity contribution >= 4 is 0 Å². The summed E-state index contributed by atoms with van der Waals surface area (Å²) in [6, 6.07) is 0. The minimum absolute atomic E-state index is 0.176. The van der Waals surface area contributed by atoms with Gasteiger partial charge >= 0.3 is 0 Å². The van der Waals surface area contributed by atoms with Crippen LogP contribution in [0.15, 0.2) is 12.4 Å². The molecule has 1 aromatic heterocycles. The second kappa shape index (κ2) is 7.76. The number of hydrogen-bond donors (Lipinski definition) is 0. The predicted molar refractivity (Wildman–Crippen MR) is 78.3 cm³/mol. The lowest BCUT2D eigenvalue weighted by Crippen LogP contribution is -2.43. The Morgan fingerprint density at radius 2 is 2.00 bits per heavy atom. The van der Waals surface area contributed by atoms with E-state index in [-0.39, 0.29) is 6.41 Å². The summed E-state index contributed by atoms with van der Waals surface area (Å²) in [7, 11) is 3.40. The molecule has 0 aromatic carbocycles. The molecule has 114 valence electrons. The molecule has 5 heteroatoms. The highest BCUT2D eigenvalue weighted by Crippen LogP contribution is 2.23. The molecule has 2 rings (SSSR count). The van der Waals surface area contributed by atoms with E-state index in [1.165, 1.54) is 25.7 Å². The summed E-state index contributed by atoms with van der Waals surface area (Å²) in [6.07, 6.45) is 8.79. The fraction of sp³-hybridized carbons (Fsp3) is 0.800. The second-order valence-electron chi connectivity index (χ2n) is 5.57. The number of ether oxygens (including phenoxy) is 2. The average Bonchev–Trinajstić information content (AvgIpc) is 2.87. The summed E-state index contributed by atoms with van der Waals surface area (Å²) in [4.78, 5) is 6.53. The lowest BCUT2D eigenvalue weighted by Gasteiger charge is -2.35. The van der Waals surface area contributed by atoms with Gasteiger partial charge in [-0.15, -0.1) is 0 Å². The van der Waals surface area contributed by atoms with Crippen molar-refractivity contribution in [3.05, 3.63) is 18.2 Å². The van der Waals surface area contributed by atoms with Crippen LogP contribution in [0.2, 0.25) is 0 Å². The minimum Gasteiger partial charge on any atom is -0.343 e. The first kappa shape index (κ1) is 15.5. The van der Waals surface area contributed by atoms with Gasteiger partial charge in [-0.2, -0.15) is 0 Å².